The standard InChI is InChI=1S/C16H20N2OS/c1-12-3-2-4-16(9-12)19-15-7-5-14(6-8-15)18-10-13(17)11-20/h2-9,13,18,20H,10-11,17H2,1H3/t13-/m1/s1. The SMILES string of the molecule is Cc1cccc(Oc2ccc(NC[C@@H](N)CS)cc2)c1. The fourth-order valence-electron chi connectivity index (χ4n) is 1.77. The average molecular weight is 288 g/mol. The lowest BCUT2D eigenvalue weighted by atomic mass is 10.2. The summed E-state index contributed by atoms with van der Waals surface area (Å²) >= 11 is 4.16. The van der Waals surface area contributed by atoms with Crippen LogP contribution in [0.25, 0.3) is 0 Å². The molecule has 0 aliphatic carbocycles. The summed E-state index contributed by atoms with van der Waals surface area (Å²) in [5.74, 6) is 2.34. The summed E-state index contributed by atoms with van der Waals surface area (Å²) in [6.45, 7) is 2.76. The molecule has 0 fully saturated rings. The third-order valence-electron chi connectivity index (χ3n) is 2.88. The maximum absolute atomic E-state index is 5.80. The number of nitrogens with two attached hydrogens (primary N) is 1. The Kier molecular flexibility index (Phi) is 5.32. The summed E-state index contributed by atoms with van der Waals surface area (Å²) in [5.41, 5.74) is 8.01. The first-order valence-electron chi connectivity index (χ1n) is 6.62. The number of nitrogens with one attached hydrogen (secondary N) is 1. The molecule has 0 radical (unpaired) electrons. The van der Waals surface area contributed by atoms with Gasteiger partial charge in [-0.05, 0) is 48.9 Å². The zero-order valence-corrected chi connectivity index (χ0v) is 12.4. The van der Waals surface area contributed by atoms with Crippen molar-refractivity contribution in [3.05, 3.63) is 54.1 Å². The summed E-state index contributed by atoms with van der Waals surface area (Å²) in [6.07, 6.45) is 0. The number of aryl methyl sites for hydroxylation is 1. The molecule has 1 atom stereocenters. The predicted octanol–water partition coefficient (Wildman–Crippen LogP) is 3.46. The van der Waals surface area contributed by atoms with E-state index >= 15 is 0 Å². The van der Waals surface area contributed by atoms with E-state index in [-0.39, 0.29) is 6.04 Å². The van der Waals surface area contributed by atoms with E-state index in [0.717, 1.165) is 17.2 Å². The van der Waals surface area contributed by atoms with Crippen LogP contribution in [0.5, 0.6) is 11.5 Å². The molecule has 20 heavy (non-hydrogen) atoms. The third-order valence-corrected chi connectivity index (χ3v) is 3.35. The van der Waals surface area contributed by atoms with Crippen LogP contribution in [-0.4, -0.2) is 18.3 Å². The molecule has 0 bridgehead atoms. The quantitative estimate of drug-likeness (QED) is 0.713. The second-order valence-electron chi connectivity index (χ2n) is 4.77. The summed E-state index contributed by atoms with van der Waals surface area (Å²) < 4.78 is 5.80. The minimum absolute atomic E-state index is 0.0570. The Bertz CT molecular complexity index is 542. The number of thiol groups is 1. The second kappa shape index (κ2) is 7.22. The Balaban J connectivity index is 1.94. The Hall–Kier alpha value is -1.65. The van der Waals surface area contributed by atoms with Crippen LogP contribution in [0.15, 0.2) is 48.5 Å². The molecule has 0 saturated carbocycles. The van der Waals surface area contributed by atoms with Gasteiger partial charge >= 0.3 is 0 Å². The summed E-state index contributed by atoms with van der Waals surface area (Å²) in [4.78, 5) is 0. The van der Waals surface area contributed by atoms with E-state index in [4.69, 9.17) is 10.5 Å². The zero-order valence-electron chi connectivity index (χ0n) is 11.5. The normalized spacial score (nSPS) is 11.9. The number of hydrogen-bond acceptors (Lipinski definition) is 4. The van der Waals surface area contributed by atoms with Crippen molar-refractivity contribution in [2.75, 3.05) is 17.6 Å². The molecule has 0 aliphatic heterocycles. The van der Waals surface area contributed by atoms with E-state index in [1.165, 1.54) is 5.56 Å². The molecular weight excluding hydrogens is 268 g/mol. The Labute approximate surface area is 125 Å². The predicted molar refractivity (Wildman–Crippen MR) is 88.0 cm³/mol. The van der Waals surface area contributed by atoms with E-state index in [1.807, 2.05) is 55.5 Å². The van der Waals surface area contributed by atoms with Crippen molar-refractivity contribution in [3.63, 3.8) is 0 Å². The van der Waals surface area contributed by atoms with Crippen LogP contribution in [0.2, 0.25) is 0 Å². The Morgan fingerprint density at radius 3 is 2.55 bits per heavy atom. The average Bonchev–Trinajstić information content (AvgIpc) is 2.46. The van der Waals surface area contributed by atoms with E-state index in [0.29, 0.717) is 12.3 Å². The lowest BCUT2D eigenvalue weighted by Crippen LogP contribution is -2.30. The van der Waals surface area contributed by atoms with Crippen molar-refractivity contribution in [3.8, 4) is 11.5 Å². The number of rotatable bonds is 6. The van der Waals surface area contributed by atoms with Gasteiger partial charge in [0, 0.05) is 24.0 Å². The topological polar surface area (TPSA) is 47.3 Å². The van der Waals surface area contributed by atoms with E-state index in [9.17, 15) is 0 Å². The lowest BCUT2D eigenvalue weighted by Gasteiger charge is -2.12. The summed E-state index contributed by atoms with van der Waals surface area (Å²) in [5, 5.41) is 3.27. The van der Waals surface area contributed by atoms with Crippen molar-refractivity contribution >= 4 is 18.3 Å². The first-order valence-corrected chi connectivity index (χ1v) is 7.25. The van der Waals surface area contributed by atoms with Crippen LogP contribution in [0.1, 0.15) is 5.56 Å². The monoisotopic (exact) mass is 288 g/mol. The minimum Gasteiger partial charge on any atom is -0.457 e. The van der Waals surface area contributed by atoms with E-state index in [1.54, 1.807) is 0 Å². The molecule has 106 valence electrons. The van der Waals surface area contributed by atoms with Crippen LogP contribution >= 0.6 is 12.6 Å². The minimum atomic E-state index is 0.0570. The van der Waals surface area contributed by atoms with Gasteiger partial charge in [0.1, 0.15) is 11.5 Å². The van der Waals surface area contributed by atoms with Crippen LogP contribution in [-0.2, 0) is 0 Å². The highest BCUT2D eigenvalue weighted by Crippen LogP contribution is 2.23. The highest BCUT2D eigenvalue weighted by molar-refractivity contribution is 7.80. The molecule has 0 amide bonds. The highest BCUT2D eigenvalue weighted by Gasteiger charge is 2.01. The molecule has 3 N–H and O–H groups in total. The van der Waals surface area contributed by atoms with Gasteiger partial charge in [-0.25, -0.2) is 0 Å². The molecular formula is C16H20N2OS. The van der Waals surface area contributed by atoms with Gasteiger partial charge in [-0.3, -0.25) is 0 Å². The zero-order chi connectivity index (χ0) is 14.4. The first-order chi connectivity index (χ1) is 9.67. The van der Waals surface area contributed by atoms with E-state index in [2.05, 4.69) is 17.9 Å². The molecule has 0 saturated heterocycles. The van der Waals surface area contributed by atoms with Gasteiger partial charge in [-0.1, -0.05) is 12.1 Å². The Morgan fingerprint density at radius 2 is 1.90 bits per heavy atom. The molecule has 2 rings (SSSR count). The van der Waals surface area contributed by atoms with Crippen molar-refractivity contribution in [1.29, 1.82) is 0 Å². The third kappa shape index (κ3) is 4.47. The van der Waals surface area contributed by atoms with Crippen molar-refractivity contribution in [2.45, 2.75) is 13.0 Å². The molecule has 0 heterocycles. The molecule has 0 aromatic heterocycles. The first kappa shape index (κ1) is 14.8. The van der Waals surface area contributed by atoms with Gasteiger partial charge in [0.15, 0.2) is 0 Å². The highest BCUT2D eigenvalue weighted by atomic mass is 32.1. The van der Waals surface area contributed by atoms with E-state index < -0.39 is 0 Å². The molecule has 0 spiro atoms. The van der Waals surface area contributed by atoms with Crippen LogP contribution in [0.4, 0.5) is 5.69 Å². The summed E-state index contributed by atoms with van der Waals surface area (Å²) in [7, 11) is 0. The number of anilines is 1. The van der Waals surface area contributed by atoms with Crippen molar-refractivity contribution in [2.24, 2.45) is 5.73 Å². The van der Waals surface area contributed by atoms with Gasteiger partial charge in [-0.15, -0.1) is 0 Å². The smallest absolute Gasteiger partial charge is 0.127 e. The fraction of sp³-hybridized carbons (Fsp3) is 0.250. The Morgan fingerprint density at radius 1 is 1.15 bits per heavy atom. The molecule has 2 aromatic rings. The van der Waals surface area contributed by atoms with Gasteiger partial charge in [-0.2, -0.15) is 12.6 Å². The van der Waals surface area contributed by atoms with Crippen LogP contribution in [0.3, 0.4) is 0 Å². The maximum atomic E-state index is 5.80. The van der Waals surface area contributed by atoms with Crippen LogP contribution in [0, 0.1) is 6.92 Å². The van der Waals surface area contributed by atoms with Crippen LogP contribution < -0.4 is 15.8 Å². The number of benzene rings is 2. The summed E-state index contributed by atoms with van der Waals surface area (Å²) in [6, 6.07) is 15.9. The molecule has 2 aromatic carbocycles. The molecule has 3 nitrogen and oxygen atoms in total. The maximum Gasteiger partial charge on any atom is 0.127 e. The van der Waals surface area contributed by atoms with Gasteiger partial charge in [0.05, 0.1) is 0 Å². The number of hydrogen-bond donors (Lipinski definition) is 3. The van der Waals surface area contributed by atoms with Gasteiger partial charge < -0.3 is 15.8 Å². The molecule has 0 unspecified atom stereocenters. The molecule has 0 aliphatic rings. The molecule has 4 heteroatoms. The fourth-order valence-corrected chi connectivity index (χ4v) is 1.90. The largest absolute Gasteiger partial charge is 0.457 e. The lowest BCUT2D eigenvalue weighted by molar-refractivity contribution is 0.482. The van der Waals surface area contributed by atoms with Crippen molar-refractivity contribution in [1.82, 2.24) is 0 Å². The van der Waals surface area contributed by atoms with Gasteiger partial charge in [0.2, 0.25) is 0 Å². The van der Waals surface area contributed by atoms with Gasteiger partial charge in [0.25, 0.3) is 0 Å². The van der Waals surface area contributed by atoms with Crippen molar-refractivity contribution < 1.29 is 4.74 Å². The second-order valence-corrected chi connectivity index (χ2v) is 5.13. The number of ether oxygens (including phenoxy) is 1.